The summed E-state index contributed by atoms with van der Waals surface area (Å²) in [6.45, 7) is 5.35. The van der Waals surface area contributed by atoms with Gasteiger partial charge in [-0.1, -0.05) is 96.4 Å². The molecule has 0 heterocycles. The van der Waals surface area contributed by atoms with Gasteiger partial charge in [0, 0.05) is 19.0 Å². The maximum absolute atomic E-state index is 14.1. The lowest BCUT2D eigenvalue weighted by atomic mass is 10.0. The molecule has 2 atom stereocenters. The molecule has 214 valence electrons. The van der Waals surface area contributed by atoms with E-state index in [-0.39, 0.29) is 40.6 Å². The minimum Gasteiger partial charge on any atom is -0.352 e. The molecular weight excluding hydrogens is 569 g/mol. The van der Waals surface area contributed by atoms with Crippen LogP contribution in [0, 0.1) is 6.92 Å². The molecule has 10 heteroatoms. The molecule has 0 radical (unpaired) electrons. The monoisotopic (exact) mass is 603 g/mol. The zero-order chi connectivity index (χ0) is 29.4. The van der Waals surface area contributed by atoms with Crippen LogP contribution in [0.2, 0.25) is 10.0 Å². The van der Waals surface area contributed by atoms with Crippen LogP contribution in [0.25, 0.3) is 0 Å². The van der Waals surface area contributed by atoms with Gasteiger partial charge >= 0.3 is 0 Å². The summed E-state index contributed by atoms with van der Waals surface area (Å²) >= 11 is 12.5. The van der Waals surface area contributed by atoms with Crippen molar-refractivity contribution in [1.29, 1.82) is 0 Å². The van der Waals surface area contributed by atoms with E-state index >= 15 is 0 Å². The fourth-order valence-corrected chi connectivity index (χ4v) is 5.58. The second kappa shape index (κ2) is 14.0. The predicted octanol–water partition coefficient (Wildman–Crippen LogP) is 5.62. The van der Waals surface area contributed by atoms with Crippen molar-refractivity contribution in [2.45, 2.75) is 52.2 Å². The molecule has 3 aromatic carbocycles. The molecule has 3 aromatic rings. The molecule has 2 amide bonds. The Labute approximate surface area is 247 Å². The van der Waals surface area contributed by atoms with E-state index in [1.165, 1.54) is 17.0 Å². The van der Waals surface area contributed by atoms with Crippen LogP contribution in [0.1, 0.15) is 37.0 Å². The molecule has 0 aliphatic carbocycles. The highest BCUT2D eigenvalue weighted by Crippen LogP contribution is 2.34. The summed E-state index contributed by atoms with van der Waals surface area (Å²) in [5.74, 6) is -0.867. The van der Waals surface area contributed by atoms with E-state index in [9.17, 15) is 18.0 Å². The number of benzene rings is 3. The summed E-state index contributed by atoms with van der Waals surface area (Å²) in [6, 6.07) is 20.6. The van der Waals surface area contributed by atoms with Crippen molar-refractivity contribution >= 4 is 50.7 Å². The number of hydrogen-bond acceptors (Lipinski definition) is 4. The molecule has 3 rings (SSSR count). The van der Waals surface area contributed by atoms with Crippen molar-refractivity contribution in [3.8, 4) is 0 Å². The second-order valence-corrected chi connectivity index (χ2v) is 12.6. The molecule has 0 bridgehead atoms. The van der Waals surface area contributed by atoms with Crippen LogP contribution in [-0.4, -0.2) is 50.0 Å². The maximum Gasteiger partial charge on any atom is 0.244 e. The molecule has 0 aromatic heterocycles. The third kappa shape index (κ3) is 8.46. The Morgan fingerprint density at radius 2 is 1.60 bits per heavy atom. The van der Waals surface area contributed by atoms with Gasteiger partial charge < -0.3 is 10.2 Å². The number of carbonyl (C=O) groups excluding carboxylic acids is 2. The van der Waals surface area contributed by atoms with E-state index in [4.69, 9.17) is 23.2 Å². The SMILES string of the molecule is CC[C@@H](C)NC(=O)[C@H](Cc1ccccc1)N(Cc1cccc(C)c1)C(=O)CN(c1cccc(Cl)c1Cl)S(C)(=O)=O. The third-order valence-electron chi connectivity index (χ3n) is 6.59. The van der Waals surface area contributed by atoms with Crippen LogP contribution in [0.4, 0.5) is 5.69 Å². The minimum atomic E-state index is -3.95. The van der Waals surface area contributed by atoms with Gasteiger partial charge in [-0.05, 0) is 43.5 Å². The van der Waals surface area contributed by atoms with Crippen LogP contribution >= 0.6 is 23.2 Å². The van der Waals surface area contributed by atoms with Crippen molar-refractivity contribution < 1.29 is 18.0 Å². The normalized spacial score (nSPS) is 12.8. The number of halogens is 2. The molecule has 1 N–H and O–H groups in total. The van der Waals surface area contributed by atoms with Crippen LogP contribution in [0.15, 0.2) is 72.8 Å². The molecule has 0 fully saturated rings. The first kappa shape index (κ1) is 31.5. The number of amides is 2. The average Bonchev–Trinajstić information content (AvgIpc) is 2.90. The smallest absolute Gasteiger partial charge is 0.244 e. The van der Waals surface area contributed by atoms with Crippen molar-refractivity contribution in [1.82, 2.24) is 10.2 Å². The van der Waals surface area contributed by atoms with Crippen LogP contribution in [0.5, 0.6) is 0 Å². The fraction of sp³-hybridized carbons (Fsp3) is 0.333. The number of aryl methyl sites for hydroxylation is 1. The van der Waals surface area contributed by atoms with E-state index < -0.39 is 28.5 Å². The standard InChI is InChI=1S/C30H35Cl2N3O4S/c1-5-22(3)33-30(37)27(18-23-12-7-6-8-13-23)34(19-24-14-9-11-21(2)17-24)28(36)20-35(40(4,38)39)26-16-10-15-25(31)29(26)32/h6-17,22,27H,5,18-20H2,1-4H3,(H,33,37)/t22-,27+/m1/s1. The zero-order valence-electron chi connectivity index (χ0n) is 23.1. The largest absolute Gasteiger partial charge is 0.352 e. The number of hydrogen-bond donors (Lipinski definition) is 1. The lowest BCUT2D eigenvalue weighted by molar-refractivity contribution is -0.140. The molecule has 7 nitrogen and oxygen atoms in total. The summed E-state index contributed by atoms with van der Waals surface area (Å²) in [6.07, 6.45) is 1.96. The number of nitrogens with zero attached hydrogens (tertiary/aromatic N) is 2. The van der Waals surface area contributed by atoms with E-state index in [0.29, 0.717) is 6.42 Å². The number of nitrogens with one attached hydrogen (secondary N) is 1. The van der Waals surface area contributed by atoms with Gasteiger partial charge in [-0.3, -0.25) is 13.9 Å². The highest BCUT2D eigenvalue weighted by molar-refractivity contribution is 7.92. The maximum atomic E-state index is 14.1. The molecule has 0 aliphatic rings. The van der Waals surface area contributed by atoms with Crippen LogP contribution < -0.4 is 9.62 Å². The summed E-state index contributed by atoms with van der Waals surface area (Å²) in [5, 5.41) is 3.19. The highest BCUT2D eigenvalue weighted by Gasteiger charge is 2.34. The Morgan fingerprint density at radius 1 is 0.950 bits per heavy atom. The molecule has 40 heavy (non-hydrogen) atoms. The van der Waals surface area contributed by atoms with Gasteiger partial charge in [0.25, 0.3) is 0 Å². The summed E-state index contributed by atoms with van der Waals surface area (Å²) in [4.78, 5) is 29.3. The number of anilines is 1. The number of carbonyl (C=O) groups is 2. The van der Waals surface area contributed by atoms with Crippen molar-refractivity contribution in [3.63, 3.8) is 0 Å². The van der Waals surface area contributed by atoms with E-state index in [2.05, 4.69) is 5.32 Å². The molecule has 0 aliphatic heterocycles. The van der Waals surface area contributed by atoms with E-state index in [1.807, 2.05) is 75.4 Å². The third-order valence-corrected chi connectivity index (χ3v) is 8.52. The Balaban J connectivity index is 2.09. The first-order valence-electron chi connectivity index (χ1n) is 13.0. The minimum absolute atomic E-state index is 0.0166. The van der Waals surface area contributed by atoms with Gasteiger partial charge in [-0.15, -0.1) is 0 Å². The lowest BCUT2D eigenvalue weighted by Crippen LogP contribution is -2.54. The molecule has 0 saturated heterocycles. The topological polar surface area (TPSA) is 86.8 Å². The van der Waals surface area contributed by atoms with Gasteiger partial charge in [-0.2, -0.15) is 0 Å². The highest BCUT2D eigenvalue weighted by atomic mass is 35.5. The van der Waals surface area contributed by atoms with Gasteiger partial charge in [0.05, 0.1) is 22.0 Å². The van der Waals surface area contributed by atoms with Crippen molar-refractivity contribution in [3.05, 3.63) is 99.5 Å². The summed E-state index contributed by atoms with van der Waals surface area (Å²) in [7, 11) is -3.95. The lowest BCUT2D eigenvalue weighted by Gasteiger charge is -2.34. The first-order valence-corrected chi connectivity index (χ1v) is 15.6. The Morgan fingerprint density at radius 3 is 2.23 bits per heavy atom. The molecule has 0 saturated carbocycles. The van der Waals surface area contributed by atoms with Gasteiger partial charge in [0.2, 0.25) is 21.8 Å². The summed E-state index contributed by atoms with van der Waals surface area (Å²) in [5.41, 5.74) is 2.77. The van der Waals surface area contributed by atoms with Crippen LogP contribution in [-0.2, 0) is 32.6 Å². The molecule has 0 spiro atoms. The van der Waals surface area contributed by atoms with Gasteiger partial charge in [0.15, 0.2) is 0 Å². The quantitative estimate of drug-likeness (QED) is 0.291. The van der Waals surface area contributed by atoms with E-state index in [0.717, 1.165) is 27.3 Å². The fourth-order valence-electron chi connectivity index (χ4n) is 4.28. The second-order valence-electron chi connectivity index (χ2n) is 9.88. The van der Waals surface area contributed by atoms with Crippen molar-refractivity contribution in [2.75, 3.05) is 17.1 Å². The average molecular weight is 605 g/mol. The molecule has 0 unspecified atom stereocenters. The van der Waals surface area contributed by atoms with Gasteiger partial charge in [-0.25, -0.2) is 8.42 Å². The molecular formula is C30H35Cl2N3O4S. The van der Waals surface area contributed by atoms with E-state index in [1.54, 1.807) is 6.07 Å². The number of rotatable bonds is 12. The van der Waals surface area contributed by atoms with Crippen LogP contribution in [0.3, 0.4) is 0 Å². The van der Waals surface area contributed by atoms with Gasteiger partial charge in [0.1, 0.15) is 12.6 Å². The Hall–Kier alpha value is -3.07. The van der Waals surface area contributed by atoms with Crippen molar-refractivity contribution in [2.24, 2.45) is 0 Å². The zero-order valence-corrected chi connectivity index (χ0v) is 25.4. The Kier molecular flexibility index (Phi) is 11.0. The first-order chi connectivity index (χ1) is 18.9. The predicted molar refractivity (Wildman–Crippen MR) is 162 cm³/mol. The summed E-state index contributed by atoms with van der Waals surface area (Å²) < 4.78 is 26.7. The Bertz CT molecular complexity index is 1430. The number of sulfonamides is 1.